The van der Waals surface area contributed by atoms with Crippen LogP contribution in [0.4, 0.5) is 5.82 Å². The van der Waals surface area contributed by atoms with Crippen molar-refractivity contribution >= 4 is 11.7 Å². The number of nitrogens with one attached hydrogen (secondary N) is 1. The molecule has 0 saturated heterocycles. The van der Waals surface area contributed by atoms with Gasteiger partial charge in [0.25, 0.3) is 0 Å². The van der Waals surface area contributed by atoms with E-state index >= 15 is 0 Å². The zero-order valence-electron chi connectivity index (χ0n) is 17.9. The van der Waals surface area contributed by atoms with Gasteiger partial charge in [-0.1, -0.05) is 42.5 Å². The quantitative estimate of drug-likeness (QED) is 0.427. The Morgan fingerprint density at radius 1 is 1.06 bits per heavy atom. The van der Waals surface area contributed by atoms with Crippen LogP contribution in [0.3, 0.4) is 0 Å². The van der Waals surface area contributed by atoms with E-state index in [1.807, 2.05) is 48.5 Å². The molecular formula is C24H24N4O4. The van der Waals surface area contributed by atoms with Crippen LogP contribution in [0.15, 0.2) is 71.4 Å². The molecule has 0 radical (unpaired) electrons. The summed E-state index contributed by atoms with van der Waals surface area (Å²) >= 11 is 0. The van der Waals surface area contributed by atoms with Gasteiger partial charge in [-0.2, -0.15) is 5.10 Å². The lowest BCUT2D eigenvalue weighted by molar-refractivity contribution is -0.116. The average Bonchev–Trinajstić information content (AvgIpc) is 3.48. The molecule has 0 fully saturated rings. The van der Waals surface area contributed by atoms with Crippen molar-refractivity contribution in [2.75, 3.05) is 19.5 Å². The van der Waals surface area contributed by atoms with Crippen LogP contribution >= 0.6 is 0 Å². The van der Waals surface area contributed by atoms with Crippen LogP contribution in [0, 0.1) is 0 Å². The number of hydrogen-bond acceptors (Lipinski definition) is 6. The summed E-state index contributed by atoms with van der Waals surface area (Å²) in [6.45, 7) is 0.420. The molecule has 0 saturated carbocycles. The third-order valence-corrected chi connectivity index (χ3v) is 4.97. The van der Waals surface area contributed by atoms with E-state index < -0.39 is 0 Å². The van der Waals surface area contributed by atoms with E-state index in [1.165, 1.54) is 0 Å². The van der Waals surface area contributed by atoms with Crippen LogP contribution in [0.5, 0.6) is 11.5 Å². The molecule has 0 aliphatic rings. The first-order valence-electron chi connectivity index (χ1n) is 10.2. The molecule has 2 aromatic heterocycles. The van der Waals surface area contributed by atoms with Crippen LogP contribution in [0.2, 0.25) is 0 Å². The minimum Gasteiger partial charge on any atom is -0.493 e. The number of hydrogen-bond donors (Lipinski definition) is 1. The van der Waals surface area contributed by atoms with E-state index in [-0.39, 0.29) is 12.3 Å². The van der Waals surface area contributed by atoms with E-state index in [2.05, 4.69) is 15.4 Å². The van der Waals surface area contributed by atoms with Gasteiger partial charge in [0.1, 0.15) is 5.82 Å². The molecule has 32 heavy (non-hydrogen) atoms. The first-order valence-corrected chi connectivity index (χ1v) is 10.2. The van der Waals surface area contributed by atoms with Crippen LogP contribution in [-0.2, 0) is 17.8 Å². The Kier molecular flexibility index (Phi) is 6.50. The first kappa shape index (κ1) is 21.2. The molecule has 0 unspecified atom stereocenters. The third kappa shape index (κ3) is 4.80. The highest BCUT2D eigenvalue weighted by atomic mass is 16.5. The number of carbonyl (C=O) groups is 1. The molecule has 164 valence electrons. The van der Waals surface area contributed by atoms with Gasteiger partial charge in [0.15, 0.2) is 23.1 Å². The Hall–Kier alpha value is -4.07. The van der Waals surface area contributed by atoms with Crippen LogP contribution in [0.1, 0.15) is 17.9 Å². The smallest absolute Gasteiger partial charge is 0.226 e. The monoisotopic (exact) mass is 432 g/mol. The molecule has 0 spiro atoms. The van der Waals surface area contributed by atoms with Crippen LogP contribution < -0.4 is 14.8 Å². The maximum Gasteiger partial charge on any atom is 0.226 e. The highest BCUT2D eigenvalue weighted by molar-refractivity contribution is 5.89. The van der Waals surface area contributed by atoms with Gasteiger partial charge in [-0.15, -0.1) is 0 Å². The Bertz CT molecular complexity index is 1180. The van der Waals surface area contributed by atoms with Crippen molar-refractivity contribution < 1.29 is 18.7 Å². The van der Waals surface area contributed by atoms with Crippen LogP contribution in [-0.4, -0.2) is 34.9 Å². The summed E-state index contributed by atoms with van der Waals surface area (Å²) in [6, 6.07) is 17.1. The van der Waals surface area contributed by atoms with Gasteiger partial charge < -0.3 is 19.2 Å². The summed E-state index contributed by atoms with van der Waals surface area (Å²) in [6.07, 6.45) is 3.96. The number of rotatable bonds is 9. The summed E-state index contributed by atoms with van der Waals surface area (Å²) in [4.78, 5) is 16.8. The SMILES string of the molecule is COc1cccc(Cn2nccc2NC(=O)CCc2ncc(-c3ccccc3)o2)c1OC. The zero-order chi connectivity index (χ0) is 22.3. The fourth-order valence-corrected chi connectivity index (χ4v) is 3.39. The second-order valence-electron chi connectivity index (χ2n) is 7.06. The molecule has 2 heterocycles. The molecule has 0 aliphatic carbocycles. The number of oxazole rings is 1. The Labute approximate surface area is 185 Å². The number of benzene rings is 2. The molecule has 0 bridgehead atoms. The second kappa shape index (κ2) is 9.82. The van der Waals surface area contributed by atoms with E-state index in [4.69, 9.17) is 13.9 Å². The van der Waals surface area contributed by atoms with Crippen molar-refractivity contribution in [3.05, 3.63) is 78.4 Å². The summed E-state index contributed by atoms with van der Waals surface area (Å²) in [5.74, 6) is 2.94. The summed E-state index contributed by atoms with van der Waals surface area (Å²) < 4.78 is 18.3. The molecule has 0 aliphatic heterocycles. The average molecular weight is 432 g/mol. The molecule has 1 amide bonds. The molecule has 1 N–H and O–H groups in total. The Balaban J connectivity index is 1.38. The van der Waals surface area contributed by atoms with E-state index in [0.717, 1.165) is 11.1 Å². The normalized spacial score (nSPS) is 10.7. The minimum atomic E-state index is -0.149. The highest BCUT2D eigenvalue weighted by Crippen LogP contribution is 2.31. The first-order chi connectivity index (χ1) is 15.7. The number of methoxy groups -OCH3 is 2. The van der Waals surface area contributed by atoms with Crippen molar-refractivity contribution in [1.82, 2.24) is 14.8 Å². The molecule has 8 nitrogen and oxygen atoms in total. The Morgan fingerprint density at radius 2 is 1.91 bits per heavy atom. The standard InChI is InChI=1S/C24H24N4O4/c1-30-19-10-6-9-18(24(19)31-2)16-28-21(13-14-26-28)27-22(29)11-12-23-25-15-20(32-23)17-7-4-3-5-8-17/h3-10,13-15H,11-12,16H2,1-2H3,(H,27,29). The zero-order valence-corrected chi connectivity index (χ0v) is 17.9. The largest absolute Gasteiger partial charge is 0.493 e. The van der Waals surface area contributed by atoms with Crippen molar-refractivity contribution in [2.24, 2.45) is 0 Å². The predicted octanol–water partition coefficient (Wildman–Crippen LogP) is 4.17. The number of anilines is 1. The van der Waals surface area contributed by atoms with Gasteiger partial charge in [-0.3, -0.25) is 4.79 Å². The lowest BCUT2D eigenvalue weighted by Crippen LogP contribution is -2.16. The number of aryl methyl sites for hydroxylation is 1. The summed E-state index contributed by atoms with van der Waals surface area (Å²) in [7, 11) is 3.19. The van der Waals surface area contributed by atoms with Crippen molar-refractivity contribution in [2.45, 2.75) is 19.4 Å². The number of nitrogens with zero attached hydrogens (tertiary/aromatic N) is 3. The number of ether oxygens (including phenoxy) is 2. The van der Waals surface area contributed by atoms with Gasteiger partial charge in [-0.25, -0.2) is 9.67 Å². The number of carbonyl (C=O) groups excluding carboxylic acids is 1. The number of para-hydroxylation sites is 1. The highest BCUT2D eigenvalue weighted by Gasteiger charge is 2.14. The van der Waals surface area contributed by atoms with Crippen molar-refractivity contribution in [1.29, 1.82) is 0 Å². The fourth-order valence-electron chi connectivity index (χ4n) is 3.39. The number of aromatic nitrogens is 3. The molecule has 0 atom stereocenters. The van der Waals surface area contributed by atoms with Gasteiger partial charge >= 0.3 is 0 Å². The van der Waals surface area contributed by atoms with Gasteiger partial charge in [0.05, 0.1) is 33.2 Å². The van der Waals surface area contributed by atoms with Gasteiger partial charge in [-0.05, 0) is 6.07 Å². The maximum atomic E-state index is 12.5. The van der Waals surface area contributed by atoms with E-state index in [0.29, 0.717) is 41.9 Å². The molecule has 8 heteroatoms. The molecule has 4 aromatic rings. The third-order valence-electron chi connectivity index (χ3n) is 4.97. The van der Waals surface area contributed by atoms with Gasteiger partial charge in [0.2, 0.25) is 5.91 Å². The molecule has 4 rings (SSSR count). The molecular weight excluding hydrogens is 408 g/mol. The van der Waals surface area contributed by atoms with Crippen molar-refractivity contribution in [3.8, 4) is 22.8 Å². The summed E-state index contributed by atoms with van der Waals surface area (Å²) in [5.41, 5.74) is 1.84. The van der Waals surface area contributed by atoms with Gasteiger partial charge in [0, 0.05) is 30.0 Å². The predicted molar refractivity (Wildman–Crippen MR) is 120 cm³/mol. The van der Waals surface area contributed by atoms with E-state index in [1.54, 1.807) is 37.4 Å². The minimum absolute atomic E-state index is 0.149. The lowest BCUT2D eigenvalue weighted by atomic mass is 10.2. The molecule has 2 aromatic carbocycles. The summed E-state index contributed by atoms with van der Waals surface area (Å²) in [5, 5.41) is 7.23. The maximum absolute atomic E-state index is 12.5. The van der Waals surface area contributed by atoms with Crippen LogP contribution in [0.25, 0.3) is 11.3 Å². The van der Waals surface area contributed by atoms with Crippen molar-refractivity contribution in [3.63, 3.8) is 0 Å². The number of amides is 1. The fraction of sp³-hybridized carbons (Fsp3) is 0.208. The topological polar surface area (TPSA) is 91.4 Å². The lowest BCUT2D eigenvalue weighted by Gasteiger charge is -2.14. The van der Waals surface area contributed by atoms with E-state index in [9.17, 15) is 4.79 Å². The second-order valence-corrected chi connectivity index (χ2v) is 7.06. The Morgan fingerprint density at radius 3 is 2.69 bits per heavy atom.